The first-order chi connectivity index (χ1) is 7.58. The summed E-state index contributed by atoms with van der Waals surface area (Å²) in [5.74, 6) is -1.45. The third kappa shape index (κ3) is 1.89. The van der Waals surface area contributed by atoms with Crippen LogP contribution in [-0.2, 0) is 0 Å². The van der Waals surface area contributed by atoms with Gasteiger partial charge in [-0.25, -0.2) is 8.78 Å². The van der Waals surface area contributed by atoms with Gasteiger partial charge in [0.25, 0.3) is 0 Å². The van der Waals surface area contributed by atoms with Gasteiger partial charge in [-0.1, -0.05) is 29.8 Å². The van der Waals surface area contributed by atoms with Gasteiger partial charge in [0.15, 0.2) is 0 Å². The summed E-state index contributed by atoms with van der Waals surface area (Å²) in [5, 5.41) is 0. The third-order valence-corrected chi connectivity index (χ3v) is 2.46. The molecule has 82 valence electrons. The standard InChI is InChI=1S/C13H11F2N/c1-8-2-4-9(5-3-8)10-6-11(14)13(16)12(15)7-10/h2-7H,16H2,1H3. The number of halogens is 2. The van der Waals surface area contributed by atoms with Gasteiger partial charge in [-0.3, -0.25) is 0 Å². The quantitative estimate of drug-likeness (QED) is 0.729. The maximum atomic E-state index is 13.2. The van der Waals surface area contributed by atoms with Crippen molar-refractivity contribution in [3.05, 3.63) is 53.6 Å². The Bertz CT molecular complexity index is 495. The molecule has 0 spiro atoms. The van der Waals surface area contributed by atoms with Gasteiger partial charge in [0.05, 0.1) is 0 Å². The first kappa shape index (κ1) is 10.6. The molecule has 0 aliphatic rings. The first-order valence-electron chi connectivity index (χ1n) is 4.89. The molecule has 0 bridgehead atoms. The second kappa shape index (κ2) is 3.93. The Morgan fingerprint density at radius 2 is 1.38 bits per heavy atom. The van der Waals surface area contributed by atoms with Gasteiger partial charge in [0, 0.05) is 0 Å². The minimum atomic E-state index is -0.726. The molecular weight excluding hydrogens is 208 g/mol. The van der Waals surface area contributed by atoms with Gasteiger partial charge in [0.1, 0.15) is 17.3 Å². The lowest BCUT2D eigenvalue weighted by Gasteiger charge is -2.05. The average Bonchev–Trinajstić information content (AvgIpc) is 2.26. The molecule has 0 saturated carbocycles. The van der Waals surface area contributed by atoms with Gasteiger partial charge < -0.3 is 5.73 Å². The van der Waals surface area contributed by atoms with E-state index in [0.29, 0.717) is 5.56 Å². The zero-order valence-corrected chi connectivity index (χ0v) is 8.80. The number of aryl methyl sites for hydroxylation is 1. The molecular formula is C13H11F2N. The molecule has 0 radical (unpaired) electrons. The van der Waals surface area contributed by atoms with Crippen molar-refractivity contribution in [3.63, 3.8) is 0 Å². The fraction of sp³-hybridized carbons (Fsp3) is 0.0769. The van der Waals surface area contributed by atoms with E-state index in [1.54, 1.807) is 0 Å². The average molecular weight is 219 g/mol. The monoisotopic (exact) mass is 219 g/mol. The Labute approximate surface area is 92.5 Å². The van der Waals surface area contributed by atoms with Crippen molar-refractivity contribution in [1.82, 2.24) is 0 Å². The first-order valence-corrected chi connectivity index (χ1v) is 4.89. The lowest BCUT2D eigenvalue weighted by atomic mass is 10.0. The number of hydrogen-bond acceptors (Lipinski definition) is 1. The van der Waals surface area contributed by atoms with Crippen molar-refractivity contribution in [2.24, 2.45) is 0 Å². The molecule has 0 aromatic heterocycles. The summed E-state index contributed by atoms with van der Waals surface area (Å²) in [7, 11) is 0. The van der Waals surface area contributed by atoms with Gasteiger partial charge in [0.2, 0.25) is 0 Å². The van der Waals surface area contributed by atoms with Gasteiger partial charge in [-0.05, 0) is 30.2 Å². The minimum absolute atomic E-state index is 0.434. The van der Waals surface area contributed by atoms with Crippen LogP contribution in [0.4, 0.5) is 14.5 Å². The van der Waals surface area contributed by atoms with E-state index in [4.69, 9.17) is 5.73 Å². The van der Waals surface area contributed by atoms with Crippen molar-refractivity contribution in [2.45, 2.75) is 6.92 Å². The molecule has 2 N–H and O–H groups in total. The number of hydrogen-bond donors (Lipinski definition) is 1. The third-order valence-electron chi connectivity index (χ3n) is 2.46. The zero-order valence-electron chi connectivity index (χ0n) is 8.80. The Balaban J connectivity index is 2.52. The van der Waals surface area contributed by atoms with E-state index in [1.807, 2.05) is 31.2 Å². The van der Waals surface area contributed by atoms with Crippen LogP contribution in [0.15, 0.2) is 36.4 Å². The van der Waals surface area contributed by atoms with Gasteiger partial charge in [-0.15, -0.1) is 0 Å². The number of anilines is 1. The molecule has 2 aromatic rings. The van der Waals surface area contributed by atoms with Crippen LogP contribution in [0, 0.1) is 18.6 Å². The lowest BCUT2D eigenvalue weighted by molar-refractivity contribution is 0.592. The number of nitrogens with two attached hydrogens (primary N) is 1. The van der Waals surface area contributed by atoms with Crippen LogP contribution < -0.4 is 5.73 Å². The summed E-state index contributed by atoms with van der Waals surface area (Å²) in [6, 6.07) is 9.90. The summed E-state index contributed by atoms with van der Waals surface area (Å²) in [6.45, 7) is 1.95. The Kier molecular flexibility index (Phi) is 2.60. The predicted octanol–water partition coefficient (Wildman–Crippen LogP) is 3.52. The number of rotatable bonds is 1. The van der Waals surface area contributed by atoms with Crippen LogP contribution in [-0.4, -0.2) is 0 Å². The highest BCUT2D eigenvalue weighted by atomic mass is 19.1. The maximum Gasteiger partial charge on any atom is 0.149 e. The highest BCUT2D eigenvalue weighted by molar-refractivity contribution is 5.66. The largest absolute Gasteiger partial charge is 0.394 e. The highest BCUT2D eigenvalue weighted by Crippen LogP contribution is 2.25. The van der Waals surface area contributed by atoms with Crippen molar-refractivity contribution < 1.29 is 8.78 Å². The maximum absolute atomic E-state index is 13.2. The van der Waals surface area contributed by atoms with Crippen LogP contribution in [0.5, 0.6) is 0 Å². The number of nitrogen functional groups attached to an aromatic ring is 1. The van der Waals surface area contributed by atoms with E-state index in [9.17, 15) is 8.78 Å². The predicted molar refractivity (Wildman–Crippen MR) is 60.9 cm³/mol. The molecule has 0 atom stereocenters. The van der Waals surface area contributed by atoms with Crippen molar-refractivity contribution in [1.29, 1.82) is 0 Å². The highest BCUT2D eigenvalue weighted by Gasteiger charge is 2.08. The summed E-state index contributed by atoms with van der Waals surface area (Å²) < 4.78 is 26.5. The van der Waals surface area contributed by atoms with Crippen molar-refractivity contribution in [3.8, 4) is 11.1 Å². The van der Waals surface area contributed by atoms with E-state index in [0.717, 1.165) is 11.1 Å². The van der Waals surface area contributed by atoms with Crippen LogP contribution in [0.1, 0.15) is 5.56 Å². The van der Waals surface area contributed by atoms with E-state index in [1.165, 1.54) is 12.1 Å². The SMILES string of the molecule is Cc1ccc(-c2cc(F)c(N)c(F)c2)cc1. The van der Waals surface area contributed by atoms with E-state index < -0.39 is 17.3 Å². The number of benzene rings is 2. The smallest absolute Gasteiger partial charge is 0.149 e. The molecule has 0 aliphatic heterocycles. The molecule has 1 nitrogen and oxygen atoms in total. The molecule has 2 rings (SSSR count). The normalized spacial score (nSPS) is 10.4. The van der Waals surface area contributed by atoms with Gasteiger partial charge >= 0.3 is 0 Å². The van der Waals surface area contributed by atoms with Crippen LogP contribution >= 0.6 is 0 Å². The summed E-state index contributed by atoms with van der Waals surface area (Å²) in [6.07, 6.45) is 0. The molecule has 0 aliphatic carbocycles. The zero-order chi connectivity index (χ0) is 11.7. The molecule has 0 unspecified atom stereocenters. The molecule has 0 saturated heterocycles. The van der Waals surface area contributed by atoms with Gasteiger partial charge in [-0.2, -0.15) is 0 Å². The van der Waals surface area contributed by atoms with Crippen LogP contribution in [0.2, 0.25) is 0 Å². The van der Waals surface area contributed by atoms with Crippen molar-refractivity contribution in [2.75, 3.05) is 5.73 Å². The fourth-order valence-electron chi connectivity index (χ4n) is 1.50. The Morgan fingerprint density at radius 1 is 0.875 bits per heavy atom. The van der Waals surface area contributed by atoms with Crippen LogP contribution in [0.3, 0.4) is 0 Å². The Morgan fingerprint density at radius 3 is 1.88 bits per heavy atom. The van der Waals surface area contributed by atoms with E-state index >= 15 is 0 Å². The minimum Gasteiger partial charge on any atom is -0.394 e. The second-order valence-corrected chi connectivity index (χ2v) is 3.72. The summed E-state index contributed by atoms with van der Waals surface area (Å²) in [4.78, 5) is 0. The molecule has 0 amide bonds. The lowest BCUT2D eigenvalue weighted by Crippen LogP contribution is -1.96. The topological polar surface area (TPSA) is 26.0 Å². The van der Waals surface area contributed by atoms with Crippen LogP contribution in [0.25, 0.3) is 11.1 Å². The fourth-order valence-corrected chi connectivity index (χ4v) is 1.50. The second-order valence-electron chi connectivity index (χ2n) is 3.72. The molecule has 16 heavy (non-hydrogen) atoms. The van der Waals surface area contributed by atoms with Crippen molar-refractivity contribution >= 4 is 5.69 Å². The Hall–Kier alpha value is -1.90. The van der Waals surface area contributed by atoms with E-state index in [-0.39, 0.29) is 0 Å². The molecule has 0 heterocycles. The molecule has 2 aromatic carbocycles. The van der Waals surface area contributed by atoms with E-state index in [2.05, 4.69) is 0 Å². The molecule has 0 fully saturated rings. The summed E-state index contributed by atoms with van der Waals surface area (Å²) in [5.41, 5.74) is 7.12. The molecule has 3 heteroatoms. The summed E-state index contributed by atoms with van der Waals surface area (Å²) >= 11 is 0.